The van der Waals surface area contributed by atoms with Gasteiger partial charge in [0.1, 0.15) is 0 Å². The van der Waals surface area contributed by atoms with Crippen LogP contribution in [0.3, 0.4) is 0 Å². The summed E-state index contributed by atoms with van der Waals surface area (Å²) >= 11 is 3.47. The van der Waals surface area contributed by atoms with Crippen LogP contribution < -0.4 is 0 Å². The second-order valence-corrected chi connectivity index (χ2v) is 6.39. The minimum atomic E-state index is 1.01. The molecule has 23 heavy (non-hydrogen) atoms. The molecule has 4 rings (SSSR count). The molecule has 1 aromatic heterocycles. The van der Waals surface area contributed by atoms with Gasteiger partial charge in [0.05, 0.1) is 11.2 Å². The monoisotopic (exact) mass is 359 g/mol. The molecule has 0 saturated carbocycles. The minimum Gasteiger partial charge on any atom is -0.248 e. The Bertz CT molecular complexity index is 957. The summed E-state index contributed by atoms with van der Waals surface area (Å²) in [5.41, 5.74) is 5.60. The smallest absolute Gasteiger partial charge is 0.0709 e. The minimum absolute atomic E-state index is 1.01. The third-order valence-electron chi connectivity index (χ3n) is 3.96. The van der Waals surface area contributed by atoms with Gasteiger partial charge in [0, 0.05) is 15.4 Å². The highest BCUT2D eigenvalue weighted by Gasteiger charge is 2.03. The second kappa shape index (κ2) is 5.98. The van der Waals surface area contributed by atoms with E-state index in [1.165, 1.54) is 16.5 Å². The lowest BCUT2D eigenvalue weighted by Crippen LogP contribution is -1.85. The van der Waals surface area contributed by atoms with Crippen LogP contribution >= 0.6 is 15.9 Å². The number of halogens is 1. The van der Waals surface area contributed by atoms with E-state index in [1.54, 1.807) is 0 Å². The number of aromatic nitrogens is 1. The quantitative estimate of drug-likeness (QED) is 0.407. The Morgan fingerprint density at radius 2 is 1.17 bits per heavy atom. The van der Waals surface area contributed by atoms with Gasteiger partial charge in [-0.2, -0.15) is 0 Å². The van der Waals surface area contributed by atoms with Crippen molar-refractivity contribution in [2.75, 3.05) is 0 Å². The molecule has 0 bridgehead atoms. The van der Waals surface area contributed by atoms with Gasteiger partial charge in [0.2, 0.25) is 0 Å². The number of nitrogens with zero attached hydrogens (tertiary/aromatic N) is 1. The van der Waals surface area contributed by atoms with Crippen molar-refractivity contribution in [1.29, 1.82) is 0 Å². The normalized spacial score (nSPS) is 10.8. The largest absolute Gasteiger partial charge is 0.248 e. The number of fused-ring (bicyclic) bond motifs is 1. The van der Waals surface area contributed by atoms with Crippen LogP contribution in [0.2, 0.25) is 0 Å². The molecule has 0 amide bonds. The van der Waals surface area contributed by atoms with Gasteiger partial charge in [0.25, 0.3) is 0 Å². The fourth-order valence-corrected chi connectivity index (χ4v) is 2.97. The van der Waals surface area contributed by atoms with Gasteiger partial charge >= 0.3 is 0 Å². The van der Waals surface area contributed by atoms with Gasteiger partial charge in [-0.3, -0.25) is 0 Å². The molecule has 0 radical (unpaired) electrons. The number of rotatable bonds is 2. The molecule has 0 aliphatic heterocycles. The Morgan fingerprint density at radius 3 is 1.91 bits per heavy atom. The molecule has 0 N–H and O–H groups in total. The number of pyridine rings is 1. The van der Waals surface area contributed by atoms with E-state index in [-0.39, 0.29) is 0 Å². The highest BCUT2D eigenvalue weighted by Crippen LogP contribution is 2.26. The van der Waals surface area contributed by atoms with Gasteiger partial charge in [-0.15, -0.1) is 0 Å². The highest BCUT2D eigenvalue weighted by atomic mass is 79.9. The van der Waals surface area contributed by atoms with Gasteiger partial charge in [-0.05, 0) is 35.4 Å². The molecule has 0 saturated heterocycles. The van der Waals surface area contributed by atoms with Crippen molar-refractivity contribution in [3.05, 3.63) is 89.4 Å². The summed E-state index contributed by atoms with van der Waals surface area (Å²) in [4.78, 5) is 4.75. The maximum absolute atomic E-state index is 4.75. The summed E-state index contributed by atoms with van der Waals surface area (Å²) in [6.45, 7) is 0. The summed E-state index contributed by atoms with van der Waals surface area (Å²) in [5.74, 6) is 0. The summed E-state index contributed by atoms with van der Waals surface area (Å²) in [6.07, 6.45) is 0. The van der Waals surface area contributed by atoms with Crippen LogP contribution in [-0.4, -0.2) is 4.98 Å². The molecule has 1 heterocycles. The summed E-state index contributed by atoms with van der Waals surface area (Å²) < 4.78 is 1.10. The highest BCUT2D eigenvalue weighted by molar-refractivity contribution is 9.10. The van der Waals surface area contributed by atoms with Crippen molar-refractivity contribution < 1.29 is 0 Å². The lowest BCUT2D eigenvalue weighted by Gasteiger charge is -2.06. The molecule has 0 aliphatic rings. The van der Waals surface area contributed by atoms with Crippen molar-refractivity contribution in [2.24, 2.45) is 0 Å². The molecular formula is C21H14BrN. The first-order valence-electron chi connectivity index (χ1n) is 7.52. The number of para-hydroxylation sites is 1. The average molecular weight is 360 g/mol. The first kappa shape index (κ1) is 14.2. The Kier molecular flexibility index (Phi) is 3.68. The number of benzene rings is 3. The van der Waals surface area contributed by atoms with Gasteiger partial charge in [0.15, 0.2) is 0 Å². The molecule has 2 heteroatoms. The average Bonchev–Trinajstić information content (AvgIpc) is 2.62. The SMILES string of the molecule is Brc1ccc(-c2ccc(-c3ccc4ccccc4n3)cc2)cc1. The van der Waals surface area contributed by atoms with Crippen molar-refractivity contribution in [3.63, 3.8) is 0 Å². The van der Waals surface area contributed by atoms with Crippen LogP contribution in [0.1, 0.15) is 0 Å². The molecular weight excluding hydrogens is 346 g/mol. The van der Waals surface area contributed by atoms with Crippen LogP contribution in [0.4, 0.5) is 0 Å². The number of hydrogen-bond acceptors (Lipinski definition) is 1. The van der Waals surface area contributed by atoms with Gasteiger partial charge < -0.3 is 0 Å². The molecule has 110 valence electrons. The first-order valence-corrected chi connectivity index (χ1v) is 8.31. The third kappa shape index (κ3) is 2.90. The van der Waals surface area contributed by atoms with Gasteiger partial charge in [-0.1, -0.05) is 76.6 Å². The Balaban J connectivity index is 1.70. The van der Waals surface area contributed by atoms with Crippen molar-refractivity contribution in [2.45, 2.75) is 0 Å². The summed E-state index contributed by atoms with van der Waals surface area (Å²) in [6, 6.07) is 29.3. The maximum atomic E-state index is 4.75. The van der Waals surface area contributed by atoms with E-state index in [0.717, 1.165) is 21.2 Å². The predicted octanol–water partition coefficient (Wildman–Crippen LogP) is 6.33. The fourth-order valence-electron chi connectivity index (χ4n) is 2.70. The van der Waals surface area contributed by atoms with E-state index in [0.29, 0.717) is 0 Å². The van der Waals surface area contributed by atoms with E-state index >= 15 is 0 Å². The molecule has 0 fully saturated rings. The molecule has 3 aromatic carbocycles. The van der Waals surface area contributed by atoms with Crippen LogP contribution in [-0.2, 0) is 0 Å². The second-order valence-electron chi connectivity index (χ2n) is 5.47. The first-order chi connectivity index (χ1) is 11.3. The van der Waals surface area contributed by atoms with Crippen LogP contribution in [0, 0.1) is 0 Å². The zero-order chi connectivity index (χ0) is 15.6. The van der Waals surface area contributed by atoms with E-state index < -0.39 is 0 Å². The zero-order valence-corrected chi connectivity index (χ0v) is 14.0. The van der Waals surface area contributed by atoms with Crippen LogP contribution in [0.15, 0.2) is 89.4 Å². The lowest BCUT2D eigenvalue weighted by atomic mass is 10.0. The molecule has 4 aromatic rings. The topological polar surface area (TPSA) is 12.9 Å². The molecule has 0 aliphatic carbocycles. The van der Waals surface area contributed by atoms with Crippen molar-refractivity contribution >= 4 is 26.8 Å². The number of hydrogen-bond donors (Lipinski definition) is 0. The Labute approximate surface area is 143 Å². The van der Waals surface area contributed by atoms with Gasteiger partial charge in [-0.25, -0.2) is 4.98 Å². The van der Waals surface area contributed by atoms with E-state index in [2.05, 4.69) is 88.7 Å². The van der Waals surface area contributed by atoms with E-state index in [4.69, 9.17) is 4.98 Å². The summed E-state index contributed by atoms with van der Waals surface area (Å²) in [5, 5.41) is 1.17. The Hall–Kier alpha value is -2.45. The molecule has 0 spiro atoms. The molecule has 0 unspecified atom stereocenters. The fraction of sp³-hybridized carbons (Fsp3) is 0. The zero-order valence-electron chi connectivity index (χ0n) is 12.4. The van der Waals surface area contributed by atoms with E-state index in [1.807, 2.05) is 12.1 Å². The molecule has 0 atom stereocenters. The van der Waals surface area contributed by atoms with Crippen LogP contribution in [0.5, 0.6) is 0 Å². The van der Waals surface area contributed by atoms with Crippen molar-refractivity contribution in [1.82, 2.24) is 4.98 Å². The standard InChI is InChI=1S/C21H14BrN/c22-19-12-9-16(10-13-19)15-5-7-18(8-6-15)21-14-11-17-3-1-2-4-20(17)23-21/h1-14H. The Morgan fingerprint density at radius 1 is 0.565 bits per heavy atom. The third-order valence-corrected chi connectivity index (χ3v) is 4.49. The van der Waals surface area contributed by atoms with E-state index in [9.17, 15) is 0 Å². The maximum Gasteiger partial charge on any atom is 0.0709 e. The summed E-state index contributed by atoms with van der Waals surface area (Å²) in [7, 11) is 0. The molecule has 1 nitrogen and oxygen atoms in total. The van der Waals surface area contributed by atoms with Crippen LogP contribution in [0.25, 0.3) is 33.3 Å². The lowest BCUT2D eigenvalue weighted by molar-refractivity contribution is 1.40. The predicted molar refractivity (Wildman–Crippen MR) is 100 cm³/mol. The van der Waals surface area contributed by atoms with Crippen molar-refractivity contribution in [3.8, 4) is 22.4 Å².